The number of hydrogen-bond acceptors (Lipinski definition) is 5. The summed E-state index contributed by atoms with van der Waals surface area (Å²) in [5.41, 5.74) is 3.59. The summed E-state index contributed by atoms with van der Waals surface area (Å²) >= 11 is 0. The molecule has 6 nitrogen and oxygen atoms in total. The van der Waals surface area contributed by atoms with Crippen LogP contribution in [0.1, 0.15) is 34.2 Å². The van der Waals surface area contributed by atoms with Crippen LogP contribution in [0.5, 0.6) is 0 Å². The third kappa shape index (κ3) is 4.54. The zero-order valence-corrected chi connectivity index (χ0v) is 14.8. The van der Waals surface area contributed by atoms with E-state index in [2.05, 4.69) is 27.1 Å². The van der Waals surface area contributed by atoms with Crippen LogP contribution in [0, 0.1) is 6.92 Å². The van der Waals surface area contributed by atoms with E-state index in [1.54, 1.807) is 0 Å². The Morgan fingerprint density at radius 2 is 1.92 bits per heavy atom. The number of nitrogens with zero attached hydrogens (tertiary/aromatic N) is 3. The highest BCUT2D eigenvalue weighted by atomic mass is 16.5. The first-order valence-corrected chi connectivity index (χ1v) is 8.70. The molecule has 1 aromatic heterocycles. The monoisotopic (exact) mass is 340 g/mol. The zero-order valence-electron chi connectivity index (χ0n) is 14.8. The van der Waals surface area contributed by atoms with Crippen molar-refractivity contribution in [3.05, 3.63) is 52.8 Å². The number of benzene rings is 1. The molecule has 1 aliphatic rings. The first kappa shape index (κ1) is 17.4. The molecule has 6 heteroatoms. The second kappa shape index (κ2) is 8.07. The molecule has 0 radical (unpaired) electrons. The number of aryl methyl sites for hydroxylation is 2. The number of carbonyl (C=O) groups is 1. The summed E-state index contributed by atoms with van der Waals surface area (Å²) in [4.78, 5) is 23.5. The lowest BCUT2D eigenvalue weighted by Gasteiger charge is -2.27. The molecule has 1 aliphatic heterocycles. The van der Waals surface area contributed by atoms with Crippen LogP contribution in [0.25, 0.3) is 0 Å². The van der Waals surface area contributed by atoms with Crippen molar-refractivity contribution < 1.29 is 9.53 Å². The summed E-state index contributed by atoms with van der Waals surface area (Å²) in [6, 6.07) is 9.60. The molecule has 0 saturated carbocycles. The van der Waals surface area contributed by atoms with Crippen molar-refractivity contribution >= 4 is 11.9 Å². The third-order valence-corrected chi connectivity index (χ3v) is 4.24. The Hall–Kier alpha value is -2.47. The number of anilines is 1. The van der Waals surface area contributed by atoms with Crippen molar-refractivity contribution in [2.45, 2.75) is 26.8 Å². The fourth-order valence-corrected chi connectivity index (χ4v) is 2.78. The standard InChI is InChI=1S/C19H24N4O2/c1-3-15-4-6-16(7-5-15)18(24)20-13-17-12-14(2)21-19(22-17)23-8-10-25-11-9-23/h4-7,12H,3,8-11,13H2,1-2H3,(H,20,24). The van der Waals surface area contributed by atoms with Crippen LogP contribution in [0.15, 0.2) is 30.3 Å². The van der Waals surface area contributed by atoms with Crippen LogP contribution in [0.3, 0.4) is 0 Å². The van der Waals surface area contributed by atoms with Crippen molar-refractivity contribution in [1.82, 2.24) is 15.3 Å². The van der Waals surface area contributed by atoms with Crippen LogP contribution in [-0.4, -0.2) is 42.2 Å². The maximum Gasteiger partial charge on any atom is 0.251 e. The van der Waals surface area contributed by atoms with Gasteiger partial charge < -0.3 is 15.0 Å². The Kier molecular flexibility index (Phi) is 5.60. The highest BCUT2D eigenvalue weighted by Crippen LogP contribution is 2.12. The molecule has 1 fully saturated rings. The van der Waals surface area contributed by atoms with Gasteiger partial charge in [-0.3, -0.25) is 4.79 Å². The van der Waals surface area contributed by atoms with E-state index in [4.69, 9.17) is 4.74 Å². The molecule has 1 saturated heterocycles. The van der Waals surface area contributed by atoms with Crippen LogP contribution in [-0.2, 0) is 17.7 Å². The molecule has 1 aromatic carbocycles. The number of ether oxygens (including phenoxy) is 1. The van der Waals surface area contributed by atoms with Gasteiger partial charge in [-0.25, -0.2) is 9.97 Å². The molecule has 3 rings (SSSR count). The SMILES string of the molecule is CCc1ccc(C(=O)NCc2cc(C)nc(N3CCOCC3)n2)cc1. The molecule has 0 atom stereocenters. The smallest absolute Gasteiger partial charge is 0.251 e. The Balaban J connectivity index is 1.65. The van der Waals surface area contributed by atoms with E-state index >= 15 is 0 Å². The van der Waals surface area contributed by atoms with E-state index in [9.17, 15) is 4.79 Å². The van der Waals surface area contributed by atoms with Gasteiger partial charge in [-0.05, 0) is 37.1 Å². The average Bonchev–Trinajstić information content (AvgIpc) is 2.66. The van der Waals surface area contributed by atoms with Gasteiger partial charge in [0.2, 0.25) is 5.95 Å². The number of aromatic nitrogens is 2. The van der Waals surface area contributed by atoms with Gasteiger partial charge in [-0.2, -0.15) is 0 Å². The minimum atomic E-state index is -0.0909. The molecule has 0 aliphatic carbocycles. The van der Waals surface area contributed by atoms with E-state index in [-0.39, 0.29) is 5.91 Å². The second-order valence-electron chi connectivity index (χ2n) is 6.13. The van der Waals surface area contributed by atoms with E-state index in [1.165, 1.54) is 5.56 Å². The molecule has 0 unspecified atom stereocenters. The Bertz CT molecular complexity index is 725. The van der Waals surface area contributed by atoms with Gasteiger partial charge in [-0.15, -0.1) is 0 Å². The van der Waals surface area contributed by atoms with Gasteiger partial charge in [0.15, 0.2) is 0 Å². The number of rotatable bonds is 5. The number of carbonyl (C=O) groups excluding carboxylic acids is 1. The predicted octanol–water partition coefficient (Wildman–Crippen LogP) is 2.11. The number of hydrogen-bond donors (Lipinski definition) is 1. The Morgan fingerprint density at radius 3 is 2.60 bits per heavy atom. The Labute approximate surface area is 148 Å². The highest BCUT2D eigenvalue weighted by molar-refractivity contribution is 5.94. The third-order valence-electron chi connectivity index (χ3n) is 4.24. The lowest BCUT2D eigenvalue weighted by atomic mass is 10.1. The number of morpholine rings is 1. The summed E-state index contributed by atoms with van der Waals surface area (Å²) in [6.07, 6.45) is 0.965. The topological polar surface area (TPSA) is 67.4 Å². The van der Waals surface area contributed by atoms with Gasteiger partial charge in [0, 0.05) is 24.3 Å². The second-order valence-corrected chi connectivity index (χ2v) is 6.13. The molecule has 25 heavy (non-hydrogen) atoms. The van der Waals surface area contributed by atoms with Gasteiger partial charge in [-0.1, -0.05) is 19.1 Å². The summed E-state index contributed by atoms with van der Waals surface area (Å²) in [6.45, 7) is 7.39. The minimum absolute atomic E-state index is 0.0909. The molecule has 1 amide bonds. The van der Waals surface area contributed by atoms with E-state index in [0.717, 1.165) is 30.9 Å². The van der Waals surface area contributed by atoms with Gasteiger partial charge in [0.25, 0.3) is 5.91 Å². The fraction of sp³-hybridized carbons (Fsp3) is 0.421. The maximum absolute atomic E-state index is 12.3. The molecule has 0 bridgehead atoms. The number of amides is 1. The van der Waals surface area contributed by atoms with Gasteiger partial charge in [0.05, 0.1) is 25.5 Å². The summed E-state index contributed by atoms with van der Waals surface area (Å²) < 4.78 is 5.37. The van der Waals surface area contributed by atoms with E-state index in [0.29, 0.717) is 31.3 Å². The number of nitrogens with one attached hydrogen (secondary N) is 1. The highest BCUT2D eigenvalue weighted by Gasteiger charge is 2.15. The summed E-state index contributed by atoms with van der Waals surface area (Å²) in [5, 5.41) is 2.94. The van der Waals surface area contributed by atoms with Crippen molar-refractivity contribution in [3.63, 3.8) is 0 Å². The normalized spacial score (nSPS) is 14.4. The first-order chi connectivity index (χ1) is 12.2. The average molecular weight is 340 g/mol. The molecule has 2 aromatic rings. The lowest BCUT2D eigenvalue weighted by Crippen LogP contribution is -2.37. The molecular weight excluding hydrogens is 316 g/mol. The summed E-state index contributed by atoms with van der Waals surface area (Å²) in [5.74, 6) is 0.617. The molecule has 132 valence electrons. The van der Waals surface area contributed by atoms with Crippen molar-refractivity contribution in [1.29, 1.82) is 0 Å². The molecule has 2 heterocycles. The predicted molar refractivity (Wildman–Crippen MR) is 96.8 cm³/mol. The van der Waals surface area contributed by atoms with Crippen molar-refractivity contribution in [2.75, 3.05) is 31.2 Å². The van der Waals surface area contributed by atoms with Crippen LogP contribution in [0.4, 0.5) is 5.95 Å². The van der Waals surface area contributed by atoms with E-state index < -0.39 is 0 Å². The van der Waals surface area contributed by atoms with Crippen molar-refractivity contribution in [2.24, 2.45) is 0 Å². The van der Waals surface area contributed by atoms with Crippen molar-refractivity contribution in [3.8, 4) is 0 Å². The minimum Gasteiger partial charge on any atom is -0.378 e. The van der Waals surface area contributed by atoms with Gasteiger partial charge >= 0.3 is 0 Å². The Morgan fingerprint density at radius 1 is 1.20 bits per heavy atom. The summed E-state index contributed by atoms with van der Waals surface area (Å²) in [7, 11) is 0. The quantitative estimate of drug-likeness (QED) is 0.903. The van der Waals surface area contributed by atoms with Gasteiger partial charge in [0.1, 0.15) is 0 Å². The lowest BCUT2D eigenvalue weighted by molar-refractivity contribution is 0.0950. The fourth-order valence-electron chi connectivity index (χ4n) is 2.78. The molecule has 0 spiro atoms. The maximum atomic E-state index is 12.3. The first-order valence-electron chi connectivity index (χ1n) is 8.70. The largest absolute Gasteiger partial charge is 0.378 e. The van der Waals surface area contributed by atoms with Crippen LogP contribution >= 0.6 is 0 Å². The molecule has 1 N–H and O–H groups in total. The van der Waals surface area contributed by atoms with Crippen LogP contribution < -0.4 is 10.2 Å². The van der Waals surface area contributed by atoms with E-state index in [1.807, 2.05) is 37.3 Å². The van der Waals surface area contributed by atoms with Crippen LogP contribution in [0.2, 0.25) is 0 Å². The zero-order chi connectivity index (χ0) is 17.6. The molecular formula is C19H24N4O2.